The maximum absolute atomic E-state index is 12.3. The van der Waals surface area contributed by atoms with Crippen molar-refractivity contribution in [2.45, 2.75) is 44.8 Å². The summed E-state index contributed by atoms with van der Waals surface area (Å²) in [7, 11) is 1.62. The summed E-state index contributed by atoms with van der Waals surface area (Å²) in [4.78, 5) is 12.3. The molecule has 3 rings (SSSR count). The van der Waals surface area contributed by atoms with Gasteiger partial charge in [-0.1, -0.05) is 12.5 Å². The van der Waals surface area contributed by atoms with E-state index in [4.69, 9.17) is 9.47 Å². The normalized spacial score (nSPS) is 28.2. The Kier molecular flexibility index (Phi) is 4.04. The van der Waals surface area contributed by atoms with Crippen LogP contribution in [0.2, 0.25) is 0 Å². The molecule has 2 aliphatic rings. The molecule has 21 heavy (non-hydrogen) atoms. The molecule has 114 valence electrons. The molecule has 2 bridgehead atoms. The Morgan fingerprint density at radius 2 is 2.10 bits per heavy atom. The van der Waals surface area contributed by atoms with Crippen molar-refractivity contribution >= 4 is 5.91 Å². The number of carbonyl (C=O) groups is 1. The second-order valence-corrected chi connectivity index (χ2v) is 6.23. The Morgan fingerprint density at radius 3 is 2.76 bits per heavy atom. The zero-order valence-electron chi connectivity index (χ0n) is 12.7. The fraction of sp³-hybridized carbons (Fsp3) is 0.588. The number of hydrogen-bond donors (Lipinski definition) is 1. The number of benzene rings is 1. The van der Waals surface area contributed by atoms with Crippen molar-refractivity contribution in [3.8, 4) is 11.5 Å². The van der Waals surface area contributed by atoms with Crippen LogP contribution in [0.3, 0.4) is 0 Å². The highest BCUT2D eigenvalue weighted by Gasteiger charge is 2.40. The van der Waals surface area contributed by atoms with Gasteiger partial charge in [-0.3, -0.25) is 4.79 Å². The van der Waals surface area contributed by atoms with Gasteiger partial charge in [0.15, 0.2) is 6.10 Å². The smallest absolute Gasteiger partial charge is 0.261 e. The predicted molar refractivity (Wildman–Crippen MR) is 80.5 cm³/mol. The minimum absolute atomic E-state index is 0.0182. The van der Waals surface area contributed by atoms with Crippen LogP contribution in [0.15, 0.2) is 24.3 Å². The SMILES string of the molecule is COc1cccc(OC(C)C(=O)NC2CC3CCC2C3)c1. The largest absolute Gasteiger partial charge is 0.497 e. The first-order chi connectivity index (χ1) is 10.2. The van der Waals surface area contributed by atoms with Crippen molar-refractivity contribution in [3.05, 3.63) is 24.3 Å². The highest BCUT2D eigenvalue weighted by molar-refractivity contribution is 5.81. The van der Waals surface area contributed by atoms with E-state index in [1.54, 1.807) is 20.1 Å². The summed E-state index contributed by atoms with van der Waals surface area (Å²) >= 11 is 0. The van der Waals surface area contributed by atoms with Gasteiger partial charge in [0.1, 0.15) is 11.5 Å². The molecule has 4 atom stereocenters. The van der Waals surface area contributed by atoms with E-state index in [-0.39, 0.29) is 5.91 Å². The van der Waals surface area contributed by atoms with E-state index in [2.05, 4.69) is 5.32 Å². The Bertz CT molecular complexity index is 517. The molecule has 0 radical (unpaired) electrons. The molecule has 0 aromatic heterocycles. The summed E-state index contributed by atoms with van der Waals surface area (Å²) in [5, 5.41) is 3.16. The first kappa shape index (κ1) is 14.2. The molecule has 0 aliphatic heterocycles. The highest BCUT2D eigenvalue weighted by atomic mass is 16.5. The summed E-state index contributed by atoms with van der Waals surface area (Å²) in [6.07, 6.45) is 4.54. The molecular formula is C17H23NO3. The van der Waals surface area contributed by atoms with Gasteiger partial charge in [-0.15, -0.1) is 0 Å². The third-order valence-corrected chi connectivity index (χ3v) is 4.79. The van der Waals surface area contributed by atoms with Crippen molar-refractivity contribution in [2.75, 3.05) is 7.11 Å². The molecule has 2 fully saturated rings. The maximum Gasteiger partial charge on any atom is 0.261 e. The Morgan fingerprint density at radius 1 is 1.29 bits per heavy atom. The van der Waals surface area contributed by atoms with Crippen molar-refractivity contribution in [1.29, 1.82) is 0 Å². The van der Waals surface area contributed by atoms with Crippen LogP contribution >= 0.6 is 0 Å². The van der Waals surface area contributed by atoms with Gasteiger partial charge in [0.2, 0.25) is 0 Å². The lowest BCUT2D eigenvalue weighted by Crippen LogP contribution is -2.44. The average molecular weight is 289 g/mol. The molecule has 4 heteroatoms. The predicted octanol–water partition coefficient (Wildman–Crippen LogP) is 2.77. The Balaban J connectivity index is 1.54. The molecule has 0 spiro atoms. The van der Waals surface area contributed by atoms with Gasteiger partial charge in [0.05, 0.1) is 7.11 Å². The first-order valence-electron chi connectivity index (χ1n) is 7.77. The van der Waals surface area contributed by atoms with E-state index in [0.717, 1.165) is 18.1 Å². The zero-order valence-corrected chi connectivity index (χ0v) is 12.7. The number of rotatable bonds is 5. The molecule has 0 heterocycles. The minimum atomic E-state index is -0.490. The lowest BCUT2D eigenvalue weighted by Gasteiger charge is -2.24. The Hall–Kier alpha value is -1.71. The molecule has 4 nitrogen and oxygen atoms in total. The maximum atomic E-state index is 12.3. The fourth-order valence-corrected chi connectivity index (χ4v) is 3.65. The van der Waals surface area contributed by atoms with Gasteiger partial charge in [0, 0.05) is 12.1 Å². The highest BCUT2D eigenvalue weighted by Crippen LogP contribution is 2.44. The quantitative estimate of drug-likeness (QED) is 0.906. The summed E-state index contributed by atoms with van der Waals surface area (Å²) in [6, 6.07) is 7.69. The summed E-state index contributed by atoms with van der Waals surface area (Å²) < 4.78 is 10.9. The van der Waals surface area contributed by atoms with Crippen LogP contribution in [0.5, 0.6) is 11.5 Å². The topological polar surface area (TPSA) is 47.6 Å². The van der Waals surface area contributed by atoms with Gasteiger partial charge < -0.3 is 14.8 Å². The number of methoxy groups -OCH3 is 1. The van der Waals surface area contributed by atoms with Crippen LogP contribution in [-0.4, -0.2) is 25.2 Å². The van der Waals surface area contributed by atoms with Crippen LogP contribution in [0.4, 0.5) is 0 Å². The molecule has 2 aliphatic carbocycles. The monoisotopic (exact) mass is 289 g/mol. The number of nitrogens with one attached hydrogen (secondary N) is 1. The van der Waals surface area contributed by atoms with E-state index in [1.807, 2.05) is 18.2 Å². The van der Waals surface area contributed by atoms with Crippen molar-refractivity contribution in [2.24, 2.45) is 11.8 Å². The third kappa shape index (κ3) is 3.14. The van der Waals surface area contributed by atoms with Crippen molar-refractivity contribution < 1.29 is 14.3 Å². The second-order valence-electron chi connectivity index (χ2n) is 6.23. The number of fused-ring (bicyclic) bond motifs is 2. The minimum Gasteiger partial charge on any atom is -0.497 e. The van der Waals surface area contributed by atoms with Gasteiger partial charge in [-0.05, 0) is 50.2 Å². The van der Waals surface area contributed by atoms with Gasteiger partial charge in [-0.25, -0.2) is 0 Å². The molecule has 1 aromatic rings. The van der Waals surface area contributed by atoms with Crippen LogP contribution in [0.1, 0.15) is 32.6 Å². The lowest BCUT2D eigenvalue weighted by atomic mass is 9.95. The van der Waals surface area contributed by atoms with Crippen LogP contribution < -0.4 is 14.8 Å². The Labute approximate surface area is 125 Å². The van der Waals surface area contributed by atoms with E-state index in [1.165, 1.54) is 19.3 Å². The standard InChI is InChI=1S/C17H23NO3/c1-11(21-15-5-3-4-14(10-15)20-2)17(19)18-16-9-12-6-7-13(16)8-12/h3-5,10-13,16H,6-9H2,1-2H3,(H,18,19). The number of hydrogen-bond acceptors (Lipinski definition) is 3. The van der Waals surface area contributed by atoms with Crippen molar-refractivity contribution in [3.63, 3.8) is 0 Å². The van der Waals surface area contributed by atoms with Crippen molar-refractivity contribution in [1.82, 2.24) is 5.32 Å². The molecule has 1 aromatic carbocycles. The van der Waals surface area contributed by atoms with Gasteiger partial charge in [0.25, 0.3) is 5.91 Å². The third-order valence-electron chi connectivity index (χ3n) is 4.79. The van der Waals surface area contributed by atoms with Gasteiger partial charge >= 0.3 is 0 Å². The van der Waals surface area contributed by atoms with Gasteiger partial charge in [-0.2, -0.15) is 0 Å². The summed E-state index contributed by atoms with van der Waals surface area (Å²) in [5.41, 5.74) is 0. The number of amides is 1. The molecule has 1 N–H and O–H groups in total. The molecule has 4 unspecified atom stereocenters. The average Bonchev–Trinajstić information content (AvgIpc) is 3.10. The van der Waals surface area contributed by atoms with E-state index in [0.29, 0.717) is 17.7 Å². The molecule has 2 saturated carbocycles. The zero-order chi connectivity index (χ0) is 14.8. The van der Waals surface area contributed by atoms with E-state index in [9.17, 15) is 4.79 Å². The molecule has 1 amide bonds. The van der Waals surface area contributed by atoms with Crippen LogP contribution in [-0.2, 0) is 4.79 Å². The molecule has 0 saturated heterocycles. The summed E-state index contributed by atoms with van der Waals surface area (Å²) in [5.74, 6) is 2.88. The molecular weight excluding hydrogens is 266 g/mol. The number of carbonyl (C=O) groups excluding carboxylic acids is 1. The second kappa shape index (κ2) is 5.96. The van der Waals surface area contributed by atoms with Crippen LogP contribution in [0, 0.1) is 11.8 Å². The van der Waals surface area contributed by atoms with E-state index < -0.39 is 6.10 Å². The number of ether oxygens (including phenoxy) is 2. The fourth-order valence-electron chi connectivity index (χ4n) is 3.65. The lowest BCUT2D eigenvalue weighted by molar-refractivity contribution is -0.128. The van der Waals surface area contributed by atoms with E-state index >= 15 is 0 Å². The first-order valence-corrected chi connectivity index (χ1v) is 7.77. The van der Waals surface area contributed by atoms with Crippen LogP contribution in [0.25, 0.3) is 0 Å². The summed E-state index contributed by atoms with van der Waals surface area (Å²) in [6.45, 7) is 1.79.